The Labute approximate surface area is 199 Å². The summed E-state index contributed by atoms with van der Waals surface area (Å²) in [5.41, 5.74) is 2.42. The molecule has 1 unspecified atom stereocenters. The topological polar surface area (TPSA) is 84.7 Å². The van der Waals surface area contributed by atoms with Crippen LogP contribution in [0, 0.1) is 6.92 Å². The maximum atomic E-state index is 13.1. The van der Waals surface area contributed by atoms with Gasteiger partial charge in [0.2, 0.25) is 0 Å². The lowest BCUT2D eigenvalue weighted by molar-refractivity contribution is -0.139. The Morgan fingerprint density at radius 3 is 2.38 bits per heavy atom. The van der Waals surface area contributed by atoms with Gasteiger partial charge in [-0.15, -0.1) is 0 Å². The smallest absolute Gasteiger partial charge is 0.295 e. The summed E-state index contributed by atoms with van der Waals surface area (Å²) in [6.45, 7) is 6.89. The molecule has 1 N–H and O–H groups in total. The second-order valence-electron chi connectivity index (χ2n) is 8.75. The first kappa shape index (κ1) is 23.3. The van der Waals surface area contributed by atoms with Crippen molar-refractivity contribution in [3.05, 3.63) is 89.5 Å². The summed E-state index contributed by atoms with van der Waals surface area (Å²) in [5.74, 6) is -0.788. The zero-order valence-electron chi connectivity index (χ0n) is 19.6. The van der Waals surface area contributed by atoms with Crippen LogP contribution in [0.25, 0.3) is 5.76 Å². The number of carbonyl (C=O) groups is 2. The predicted octanol–water partition coefficient (Wildman–Crippen LogP) is 4.49. The average molecular weight is 460 g/mol. The second-order valence-corrected chi connectivity index (χ2v) is 8.75. The van der Waals surface area contributed by atoms with E-state index in [1.807, 2.05) is 55.8 Å². The lowest BCUT2D eigenvalue weighted by Crippen LogP contribution is -2.31. The standard InChI is InChI=1S/C27H29N3O4/c1-18(2)34-22-11-9-21(10-12-22)25(31)23-24(20-7-5-19(3)6-8-20)30(27(33)26(23)32)15-4-14-29-16-13-28-17-29/h5-13,16-18,24,31H,4,14-15H2,1-3H3. The highest BCUT2D eigenvalue weighted by molar-refractivity contribution is 6.46. The summed E-state index contributed by atoms with van der Waals surface area (Å²) < 4.78 is 7.60. The minimum absolute atomic E-state index is 0.0219. The fourth-order valence-electron chi connectivity index (χ4n) is 4.17. The highest BCUT2D eigenvalue weighted by atomic mass is 16.5. The van der Waals surface area contributed by atoms with Gasteiger partial charge in [-0.25, -0.2) is 4.98 Å². The van der Waals surface area contributed by atoms with Crippen LogP contribution < -0.4 is 4.74 Å². The van der Waals surface area contributed by atoms with Crippen molar-refractivity contribution in [2.24, 2.45) is 0 Å². The lowest BCUT2D eigenvalue weighted by atomic mass is 9.94. The Kier molecular flexibility index (Phi) is 6.82. The highest BCUT2D eigenvalue weighted by Crippen LogP contribution is 2.39. The molecule has 1 aromatic heterocycles. The number of benzene rings is 2. The van der Waals surface area contributed by atoms with Gasteiger partial charge in [0.15, 0.2) is 0 Å². The molecule has 1 atom stereocenters. The van der Waals surface area contributed by atoms with E-state index in [1.54, 1.807) is 41.7 Å². The van der Waals surface area contributed by atoms with Crippen molar-refractivity contribution in [3.63, 3.8) is 0 Å². The number of aliphatic hydroxyl groups excluding tert-OH is 1. The van der Waals surface area contributed by atoms with Gasteiger partial charge >= 0.3 is 0 Å². The molecule has 3 aromatic rings. The highest BCUT2D eigenvalue weighted by Gasteiger charge is 2.45. The first-order valence-corrected chi connectivity index (χ1v) is 11.4. The Morgan fingerprint density at radius 1 is 1.06 bits per heavy atom. The maximum Gasteiger partial charge on any atom is 0.295 e. The van der Waals surface area contributed by atoms with E-state index in [9.17, 15) is 14.7 Å². The number of nitrogens with zero attached hydrogens (tertiary/aromatic N) is 3. The number of likely N-dealkylation sites (tertiary alicyclic amines) is 1. The van der Waals surface area contributed by atoms with Crippen LogP contribution in [0.4, 0.5) is 0 Å². The molecule has 2 heterocycles. The molecule has 0 spiro atoms. The number of hydrogen-bond acceptors (Lipinski definition) is 5. The van der Waals surface area contributed by atoms with Crippen molar-refractivity contribution in [2.45, 2.75) is 45.9 Å². The van der Waals surface area contributed by atoms with Crippen LogP contribution in [0.5, 0.6) is 5.75 Å². The molecular formula is C27H29N3O4. The second kappa shape index (κ2) is 9.95. The van der Waals surface area contributed by atoms with Gasteiger partial charge in [0.25, 0.3) is 11.7 Å². The summed E-state index contributed by atoms with van der Waals surface area (Å²) in [6.07, 6.45) is 5.95. The van der Waals surface area contributed by atoms with Crippen molar-refractivity contribution in [2.75, 3.05) is 6.54 Å². The Morgan fingerprint density at radius 2 is 1.76 bits per heavy atom. The van der Waals surface area contributed by atoms with E-state index >= 15 is 0 Å². The molecule has 34 heavy (non-hydrogen) atoms. The normalized spacial score (nSPS) is 17.5. The number of rotatable bonds is 8. The fourth-order valence-corrected chi connectivity index (χ4v) is 4.17. The van der Waals surface area contributed by atoms with Gasteiger partial charge in [-0.2, -0.15) is 0 Å². The molecule has 0 saturated carbocycles. The Hall–Kier alpha value is -3.87. The minimum atomic E-state index is -0.673. The monoisotopic (exact) mass is 459 g/mol. The number of hydrogen-bond donors (Lipinski definition) is 1. The number of imidazole rings is 1. The number of ketones is 1. The van der Waals surface area contributed by atoms with Gasteiger partial charge in [0.1, 0.15) is 11.5 Å². The molecule has 2 aromatic carbocycles. The summed E-state index contributed by atoms with van der Waals surface area (Å²) in [5, 5.41) is 11.2. The van der Waals surface area contributed by atoms with Crippen LogP contribution >= 0.6 is 0 Å². The SMILES string of the molecule is Cc1ccc(C2C(=C(O)c3ccc(OC(C)C)cc3)C(=O)C(=O)N2CCCn2ccnc2)cc1. The van der Waals surface area contributed by atoms with Gasteiger partial charge in [0, 0.05) is 31.0 Å². The Bertz CT molecular complexity index is 1180. The number of carbonyl (C=O) groups excluding carboxylic acids is 2. The zero-order valence-corrected chi connectivity index (χ0v) is 19.6. The van der Waals surface area contributed by atoms with Crippen LogP contribution in [0.3, 0.4) is 0 Å². The van der Waals surface area contributed by atoms with Gasteiger partial charge in [-0.1, -0.05) is 29.8 Å². The predicted molar refractivity (Wildman–Crippen MR) is 129 cm³/mol. The molecule has 1 aliphatic rings. The van der Waals surface area contributed by atoms with Gasteiger partial charge < -0.3 is 19.3 Å². The van der Waals surface area contributed by atoms with Crippen molar-refractivity contribution >= 4 is 17.4 Å². The molecule has 0 radical (unpaired) electrons. The number of Topliss-reactive ketones (excluding diaryl/α,β-unsaturated/α-hetero) is 1. The van der Waals surface area contributed by atoms with Crippen molar-refractivity contribution < 1.29 is 19.4 Å². The Balaban J connectivity index is 1.69. The molecule has 1 amide bonds. The third-order valence-electron chi connectivity index (χ3n) is 5.81. The van der Waals surface area contributed by atoms with Crippen molar-refractivity contribution in [3.8, 4) is 5.75 Å². The summed E-state index contributed by atoms with van der Waals surface area (Å²) >= 11 is 0. The van der Waals surface area contributed by atoms with Gasteiger partial charge in [0.05, 0.1) is 24.0 Å². The maximum absolute atomic E-state index is 13.1. The van der Waals surface area contributed by atoms with E-state index in [1.165, 1.54) is 0 Å². The van der Waals surface area contributed by atoms with Crippen molar-refractivity contribution in [1.29, 1.82) is 0 Å². The van der Waals surface area contributed by atoms with Crippen LogP contribution in [-0.4, -0.2) is 43.9 Å². The third-order valence-corrected chi connectivity index (χ3v) is 5.81. The number of ether oxygens (including phenoxy) is 1. The van der Waals surface area contributed by atoms with Crippen LogP contribution in [0.1, 0.15) is 43.0 Å². The molecule has 4 rings (SSSR count). The molecule has 7 heteroatoms. The summed E-state index contributed by atoms with van der Waals surface area (Å²) in [7, 11) is 0. The average Bonchev–Trinajstić information content (AvgIpc) is 3.42. The van der Waals surface area contributed by atoms with E-state index < -0.39 is 17.7 Å². The number of aryl methyl sites for hydroxylation is 2. The number of amides is 1. The quantitative estimate of drug-likeness (QED) is 0.305. The molecule has 7 nitrogen and oxygen atoms in total. The molecule has 1 saturated heterocycles. The van der Waals surface area contributed by atoms with Gasteiger partial charge in [-0.05, 0) is 57.0 Å². The largest absolute Gasteiger partial charge is 0.507 e. The van der Waals surface area contributed by atoms with Crippen LogP contribution in [0.2, 0.25) is 0 Å². The van der Waals surface area contributed by atoms with Crippen LogP contribution in [-0.2, 0) is 16.1 Å². The first-order valence-electron chi connectivity index (χ1n) is 11.4. The van der Waals surface area contributed by atoms with Gasteiger partial charge in [-0.3, -0.25) is 9.59 Å². The van der Waals surface area contributed by atoms with E-state index in [2.05, 4.69) is 4.98 Å². The van der Waals surface area contributed by atoms with E-state index in [0.717, 1.165) is 11.1 Å². The number of aromatic nitrogens is 2. The molecule has 0 aliphatic carbocycles. The fraction of sp³-hybridized carbons (Fsp3) is 0.296. The molecular weight excluding hydrogens is 430 g/mol. The molecule has 176 valence electrons. The minimum Gasteiger partial charge on any atom is -0.507 e. The van der Waals surface area contributed by atoms with Crippen LogP contribution in [0.15, 0.2) is 72.8 Å². The first-order chi connectivity index (χ1) is 16.3. The number of aliphatic hydroxyl groups is 1. The summed E-state index contributed by atoms with van der Waals surface area (Å²) in [6, 6.07) is 13.9. The van der Waals surface area contributed by atoms with E-state index in [4.69, 9.17) is 4.74 Å². The lowest BCUT2D eigenvalue weighted by Gasteiger charge is -2.25. The molecule has 0 bridgehead atoms. The summed E-state index contributed by atoms with van der Waals surface area (Å²) in [4.78, 5) is 31.8. The van der Waals surface area contributed by atoms with Crippen molar-refractivity contribution in [1.82, 2.24) is 14.5 Å². The zero-order chi connectivity index (χ0) is 24.2. The molecule has 1 aliphatic heterocycles. The molecule has 1 fully saturated rings. The van der Waals surface area contributed by atoms with E-state index in [0.29, 0.717) is 30.8 Å². The van der Waals surface area contributed by atoms with E-state index in [-0.39, 0.29) is 17.4 Å². The third kappa shape index (κ3) is 4.88.